The molecule has 1 aromatic carbocycles. The molecule has 0 spiro atoms. The molecular formula is C14H17N3O3S. The number of aliphatic hydroxyl groups is 1. The number of hydrogen-bond acceptors (Lipinski definition) is 5. The predicted octanol–water partition coefficient (Wildman–Crippen LogP) is 2.98. The molecule has 0 fully saturated rings. The molecule has 21 heavy (non-hydrogen) atoms. The number of nitro benzene ring substituents is 1. The van der Waals surface area contributed by atoms with Gasteiger partial charge in [-0.1, -0.05) is 17.8 Å². The van der Waals surface area contributed by atoms with Crippen LogP contribution < -0.4 is 0 Å². The van der Waals surface area contributed by atoms with Crippen LogP contribution in [0.1, 0.15) is 29.0 Å². The molecule has 1 aromatic heterocycles. The zero-order valence-electron chi connectivity index (χ0n) is 12.1. The third-order valence-corrected chi connectivity index (χ3v) is 4.60. The maximum atomic E-state index is 10.9. The molecule has 0 saturated carbocycles. The summed E-state index contributed by atoms with van der Waals surface area (Å²) >= 11 is 1.51. The third-order valence-electron chi connectivity index (χ3n) is 3.40. The van der Waals surface area contributed by atoms with Crippen molar-refractivity contribution < 1.29 is 10.0 Å². The normalized spacial score (nSPS) is 12.4. The van der Waals surface area contributed by atoms with Gasteiger partial charge in [0.05, 0.1) is 23.4 Å². The van der Waals surface area contributed by atoms with Crippen molar-refractivity contribution in [2.45, 2.75) is 30.9 Å². The molecule has 6 nitrogen and oxygen atoms in total. The Hall–Kier alpha value is -1.86. The number of aryl methyl sites for hydroxylation is 1. The van der Waals surface area contributed by atoms with Crippen molar-refractivity contribution in [3.63, 3.8) is 0 Å². The lowest BCUT2D eigenvalue weighted by atomic mass is 10.1. The SMILES string of the molecule is Cc1ccc([N+](=O)[O-])cc1[C@H](C)Sc1ncc(CO)n1C. The number of nitrogens with zero attached hydrogens (tertiary/aromatic N) is 3. The van der Waals surface area contributed by atoms with Gasteiger partial charge in [-0.05, 0) is 25.0 Å². The van der Waals surface area contributed by atoms with Crippen LogP contribution in [0.3, 0.4) is 0 Å². The standard InChI is InChI=1S/C14H17N3O3S/c1-9-4-5-11(17(19)20)6-13(9)10(2)21-14-15-7-12(8-18)16(14)3/h4-7,10,18H,8H2,1-3H3/t10-/m0/s1. The minimum absolute atomic E-state index is 0.0255. The van der Waals surface area contributed by atoms with Gasteiger partial charge in [-0.3, -0.25) is 10.1 Å². The van der Waals surface area contributed by atoms with E-state index in [1.165, 1.54) is 17.8 Å². The summed E-state index contributed by atoms with van der Waals surface area (Å²) in [6.45, 7) is 3.87. The Labute approximate surface area is 127 Å². The van der Waals surface area contributed by atoms with Gasteiger partial charge in [-0.15, -0.1) is 0 Å². The number of rotatable bonds is 5. The van der Waals surface area contributed by atoms with Gasteiger partial charge in [-0.25, -0.2) is 4.98 Å². The molecule has 0 bridgehead atoms. The first-order chi connectivity index (χ1) is 9.93. The number of aromatic nitrogens is 2. The molecule has 2 aromatic rings. The highest BCUT2D eigenvalue weighted by atomic mass is 32.2. The number of imidazole rings is 1. The largest absolute Gasteiger partial charge is 0.390 e. The predicted molar refractivity (Wildman–Crippen MR) is 81.2 cm³/mol. The fraction of sp³-hybridized carbons (Fsp3) is 0.357. The highest BCUT2D eigenvalue weighted by Gasteiger charge is 2.17. The van der Waals surface area contributed by atoms with Crippen LogP contribution >= 0.6 is 11.8 Å². The first-order valence-corrected chi connectivity index (χ1v) is 7.35. The van der Waals surface area contributed by atoms with E-state index in [2.05, 4.69) is 4.98 Å². The molecular weight excluding hydrogens is 290 g/mol. The zero-order valence-corrected chi connectivity index (χ0v) is 12.9. The second-order valence-electron chi connectivity index (χ2n) is 4.81. The van der Waals surface area contributed by atoms with Crippen LogP contribution in [-0.2, 0) is 13.7 Å². The number of non-ortho nitro benzene ring substituents is 1. The summed E-state index contributed by atoms with van der Waals surface area (Å²) in [4.78, 5) is 14.8. The van der Waals surface area contributed by atoms with Gasteiger partial charge in [0.2, 0.25) is 0 Å². The Balaban J connectivity index is 2.27. The fourth-order valence-electron chi connectivity index (χ4n) is 2.08. The van der Waals surface area contributed by atoms with Crippen LogP contribution in [0.25, 0.3) is 0 Å². The Morgan fingerprint density at radius 2 is 2.24 bits per heavy atom. The van der Waals surface area contributed by atoms with Crippen LogP contribution in [-0.4, -0.2) is 19.6 Å². The lowest BCUT2D eigenvalue weighted by molar-refractivity contribution is -0.384. The van der Waals surface area contributed by atoms with E-state index in [1.54, 1.807) is 18.3 Å². The monoisotopic (exact) mass is 307 g/mol. The van der Waals surface area contributed by atoms with Crippen molar-refractivity contribution in [2.75, 3.05) is 0 Å². The molecule has 0 radical (unpaired) electrons. The van der Waals surface area contributed by atoms with Crippen LogP contribution in [0.2, 0.25) is 0 Å². The van der Waals surface area contributed by atoms with Gasteiger partial charge in [0.25, 0.3) is 5.69 Å². The van der Waals surface area contributed by atoms with Crippen LogP contribution in [0.15, 0.2) is 29.6 Å². The number of hydrogen-bond donors (Lipinski definition) is 1. The second kappa shape index (κ2) is 6.28. The van der Waals surface area contributed by atoms with Gasteiger partial charge in [0, 0.05) is 24.4 Å². The highest BCUT2D eigenvalue weighted by Crippen LogP contribution is 2.36. The van der Waals surface area contributed by atoms with Crippen molar-refractivity contribution in [3.05, 3.63) is 51.3 Å². The quantitative estimate of drug-likeness (QED) is 0.522. The number of benzene rings is 1. The minimum Gasteiger partial charge on any atom is -0.390 e. The molecule has 2 rings (SSSR count). The Morgan fingerprint density at radius 1 is 1.52 bits per heavy atom. The molecule has 0 unspecified atom stereocenters. The summed E-state index contributed by atoms with van der Waals surface area (Å²) in [7, 11) is 1.84. The summed E-state index contributed by atoms with van der Waals surface area (Å²) in [5.41, 5.74) is 2.76. The molecule has 112 valence electrons. The van der Waals surface area contributed by atoms with Crippen molar-refractivity contribution in [2.24, 2.45) is 7.05 Å². The first-order valence-electron chi connectivity index (χ1n) is 6.47. The van der Waals surface area contributed by atoms with Gasteiger partial charge in [0.1, 0.15) is 0 Å². The smallest absolute Gasteiger partial charge is 0.269 e. The van der Waals surface area contributed by atoms with E-state index < -0.39 is 0 Å². The molecule has 0 aliphatic rings. The lowest BCUT2D eigenvalue weighted by Gasteiger charge is -2.14. The highest BCUT2D eigenvalue weighted by molar-refractivity contribution is 7.99. The summed E-state index contributed by atoms with van der Waals surface area (Å²) < 4.78 is 1.83. The summed E-state index contributed by atoms with van der Waals surface area (Å²) in [5, 5.41) is 20.9. The van der Waals surface area contributed by atoms with Gasteiger partial charge in [-0.2, -0.15) is 0 Å². The van der Waals surface area contributed by atoms with E-state index in [0.29, 0.717) is 0 Å². The molecule has 0 aliphatic heterocycles. The molecule has 1 atom stereocenters. The van der Waals surface area contributed by atoms with E-state index in [4.69, 9.17) is 0 Å². The molecule has 0 amide bonds. The van der Waals surface area contributed by atoms with Gasteiger partial charge in [0.15, 0.2) is 5.16 Å². The average Bonchev–Trinajstić information content (AvgIpc) is 2.79. The minimum atomic E-state index is -0.384. The maximum Gasteiger partial charge on any atom is 0.269 e. The van der Waals surface area contributed by atoms with Crippen molar-refractivity contribution in [1.29, 1.82) is 0 Å². The van der Waals surface area contributed by atoms with E-state index in [-0.39, 0.29) is 22.5 Å². The zero-order chi connectivity index (χ0) is 15.6. The first kappa shape index (κ1) is 15.5. The molecule has 1 heterocycles. The van der Waals surface area contributed by atoms with Crippen LogP contribution in [0.5, 0.6) is 0 Å². The van der Waals surface area contributed by atoms with E-state index in [1.807, 2.05) is 25.5 Å². The van der Waals surface area contributed by atoms with Gasteiger partial charge >= 0.3 is 0 Å². The number of aliphatic hydroxyl groups excluding tert-OH is 1. The van der Waals surface area contributed by atoms with E-state index in [0.717, 1.165) is 22.0 Å². The van der Waals surface area contributed by atoms with Crippen molar-refractivity contribution in [3.8, 4) is 0 Å². The molecule has 7 heteroatoms. The molecule has 0 aliphatic carbocycles. The van der Waals surface area contributed by atoms with E-state index >= 15 is 0 Å². The average molecular weight is 307 g/mol. The maximum absolute atomic E-state index is 10.9. The van der Waals surface area contributed by atoms with Crippen LogP contribution in [0.4, 0.5) is 5.69 Å². The Morgan fingerprint density at radius 3 is 2.81 bits per heavy atom. The number of thioether (sulfide) groups is 1. The molecule has 1 N–H and O–H groups in total. The fourth-order valence-corrected chi connectivity index (χ4v) is 3.17. The summed E-state index contributed by atoms with van der Waals surface area (Å²) in [6.07, 6.45) is 1.63. The van der Waals surface area contributed by atoms with Crippen molar-refractivity contribution >= 4 is 17.4 Å². The Kier molecular flexibility index (Phi) is 4.64. The van der Waals surface area contributed by atoms with Gasteiger partial charge < -0.3 is 9.67 Å². The summed E-state index contributed by atoms with van der Waals surface area (Å²) in [5.74, 6) is 0. The third kappa shape index (κ3) is 3.25. The van der Waals surface area contributed by atoms with Crippen molar-refractivity contribution in [1.82, 2.24) is 9.55 Å². The topological polar surface area (TPSA) is 81.2 Å². The second-order valence-corrected chi connectivity index (χ2v) is 6.12. The molecule has 0 saturated heterocycles. The summed E-state index contributed by atoms with van der Waals surface area (Å²) in [6, 6.07) is 4.89. The van der Waals surface area contributed by atoms with E-state index in [9.17, 15) is 15.2 Å². The van der Waals surface area contributed by atoms with Crippen LogP contribution in [0, 0.1) is 17.0 Å². The Bertz CT molecular complexity index is 669. The lowest BCUT2D eigenvalue weighted by Crippen LogP contribution is -2.00. The number of nitro groups is 1.